The Balaban J connectivity index is 2.26. The van der Waals surface area contributed by atoms with Gasteiger partial charge in [-0.1, -0.05) is 12.1 Å². The van der Waals surface area contributed by atoms with E-state index in [1.54, 1.807) is 26.1 Å². The zero-order valence-electron chi connectivity index (χ0n) is 11.8. The minimum atomic E-state index is -0.618. The fourth-order valence-corrected chi connectivity index (χ4v) is 2.04. The Labute approximate surface area is 122 Å². The lowest BCUT2D eigenvalue weighted by Gasteiger charge is -2.25. The van der Waals surface area contributed by atoms with Crippen molar-refractivity contribution in [3.63, 3.8) is 0 Å². The lowest BCUT2D eigenvalue weighted by atomic mass is 10.1. The lowest BCUT2D eigenvalue weighted by Crippen LogP contribution is -2.30. The molecular formula is C16H16F2N2O. The van der Waals surface area contributed by atoms with Gasteiger partial charge in [0.05, 0.1) is 11.6 Å². The Kier molecular flexibility index (Phi) is 4.21. The Hall–Kier alpha value is -2.43. The van der Waals surface area contributed by atoms with Crippen molar-refractivity contribution in [3.05, 3.63) is 65.2 Å². The molecule has 2 aromatic carbocycles. The molecule has 0 fully saturated rings. The van der Waals surface area contributed by atoms with Gasteiger partial charge in [0.25, 0.3) is 5.91 Å². The summed E-state index contributed by atoms with van der Waals surface area (Å²) >= 11 is 0. The maximum absolute atomic E-state index is 13.7. The first-order valence-electron chi connectivity index (χ1n) is 6.48. The topological polar surface area (TPSA) is 46.3 Å². The quantitative estimate of drug-likeness (QED) is 0.881. The van der Waals surface area contributed by atoms with Gasteiger partial charge in [0.2, 0.25) is 0 Å². The number of rotatable bonds is 3. The molecule has 0 aliphatic rings. The van der Waals surface area contributed by atoms with E-state index >= 15 is 0 Å². The van der Waals surface area contributed by atoms with Crippen LogP contribution in [0.5, 0.6) is 0 Å². The van der Waals surface area contributed by atoms with E-state index in [1.165, 1.54) is 35.2 Å². The number of carbonyl (C=O) groups is 1. The third-order valence-corrected chi connectivity index (χ3v) is 3.47. The smallest absolute Gasteiger partial charge is 0.257 e. The van der Waals surface area contributed by atoms with E-state index in [0.29, 0.717) is 5.69 Å². The van der Waals surface area contributed by atoms with Crippen molar-refractivity contribution in [1.82, 2.24) is 4.90 Å². The first kappa shape index (κ1) is 15.0. The maximum atomic E-state index is 13.7. The molecule has 2 rings (SSSR count). The summed E-state index contributed by atoms with van der Waals surface area (Å²) in [4.78, 5) is 13.7. The first-order valence-corrected chi connectivity index (χ1v) is 6.48. The molecule has 0 aromatic heterocycles. The molecule has 0 aliphatic heterocycles. The van der Waals surface area contributed by atoms with Crippen LogP contribution in [0.1, 0.15) is 28.9 Å². The minimum Gasteiger partial charge on any atom is -0.399 e. The molecule has 2 N–H and O–H groups in total. The van der Waals surface area contributed by atoms with Gasteiger partial charge < -0.3 is 10.6 Å². The molecule has 0 aliphatic carbocycles. The monoisotopic (exact) mass is 290 g/mol. The molecule has 0 saturated heterocycles. The Morgan fingerprint density at radius 1 is 1.14 bits per heavy atom. The van der Waals surface area contributed by atoms with Crippen LogP contribution >= 0.6 is 0 Å². The van der Waals surface area contributed by atoms with Crippen molar-refractivity contribution in [2.75, 3.05) is 12.8 Å². The molecular weight excluding hydrogens is 274 g/mol. The van der Waals surface area contributed by atoms with Crippen LogP contribution in [0.25, 0.3) is 0 Å². The molecule has 0 spiro atoms. The van der Waals surface area contributed by atoms with E-state index in [4.69, 9.17) is 5.73 Å². The van der Waals surface area contributed by atoms with Gasteiger partial charge in [0.1, 0.15) is 11.6 Å². The van der Waals surface area contributed by atoms with Crippen LogP contribution < -0.4 is 5.73 Å². The summed E-state index contributed by atoms with van der Waals surface area (Å²) in [6, 6.07) is 9.40. The standard InChI is InChI=1S/C16H16F2N2O/c1-10(11-3-5-12(17)6-4-11)20(2)16(21)14-9-13(19)7-8-15(14)18/h3-10H,19H2,1-2H3. The van der Waals surface area contributed by atoms with E-state index in [0.717, 1.165) is 5.56 Å². The van der Waals surface area contributed by atoms with Crippen LogP contribution in [0.15, 0.2) is 42.5 Å². The third-order valence-electron chi connectivity index (χ3n) is 3.47. The molecule has 21 heavy (non-hydrogen) atoms. The Morgan fingerprint density at radius 3 is 2.38 bits per heavy atom. The second-order valence-corrected chi connectivity index (χ2v) is 4.88. The van der Waals surface area contributed by atoms with Crippen molar-refractivity contribution in [2.24, 2.45) is 0 Å². The highest BCUT2D eigenvalue weighted by atomic mass is 19.1. The third kappa shape index (κ3) is 3.18. The molecule has 1 unspecified atom stereocenters. The van der Waals surface area contributed by atoms with E-state index in [9.17, 15) is 13.6 Å². The summed E-state index contributed by atoms with van der Waals surface area (Å²) in [7, 11) is 1.57. The van der Waals surface area contributed by atoms with Crippen molar-refractivity contribution >= 4 is 11.6 Å². The van der Waals surface area contributed by atoms with Crippen LogP contribution in [0, 0.1) is 11.6 Å². The average molecular weight is 290 g/mol. The van der Waals surface area contributed by atoms with Gasteiger partial charge in [0, 0.05) is 12.7 Å². The minimum absolute atomic E-state index is 0.0774. The predicted molar refractivity (Wildman–Crippen MR) is 77.7 cm³/mol. The Bertz CT molecular complexity index is 656. The number of benzene rings is 2. The van der Waals surface area contributed by atoms with Gasteiger partial charge in [-0.2, -0.15) is 0 Å². The van der Waals surface area contributed by atoms with Crippen molar-refractivity contribution < 1.29 is 13.6 Å². The number of hydrogen-bond donors (Lipinski definition) is 1. The number of nitrogen functional groups attached to an aromatic ring is 1. The van der Waals surface area contributed by atoms with Crippen LogP contribution in [-0.2, 0) is 0 Å². The van der Waals surface area contributed by atoms with Crippen molar-refractivity contribution in [2.45, 2.75) is 13.0 Å². The van der Waals surface area contributed by atoms with Crippen molar-refractivity contribution in [3.8, 4) is 0 Å². The number of nitrogens with zero attached hydrogens (tertiary/aromatic N) is 1. The fourth-order valence-electron chi connectivity index (χ4n) is 2.04. The summed E-state index contributed by atoms with van der Waals surface area (Å²) in [5, 5.41) is 0. The molecule has 3 nitrogen and oxygen atoms in total. The second kappa shape index (κ2) is 5.91. The average Bonchev–Trinajstić information content (AvgIpc) is 2.48. The van der Waals surface area contributed by atoms with E-state index in [-0.39, 0.29) is 17.4 Å². The molecule has 5 heteroatoms. The highest BCUT2D eigenvalue weighted by molar-refractivity contribution is 5.95. The highest BCUT2D eigenvalue weighted by Gasteiger charge is 2.21. The summed E-state index contributed by atoms with van der Waals surface area (Å²) in [6.45, 7) is 1.79. The predicted octanol–water partition coefficient (Wildman–Crippen LogP) is 3.38. The molecule has 2 aromatic rings. The highest BCUT2D eigenvalue weighted by Crippen LogP contribution is 2.22. The zero-order valence-corrected chi connectivity index (χ0v) is 11.8. The van der Waals surface area contributed by atoms with Crippen LogP contribution in [-0.4, -0.2) is 17.9 Å². The molecule has 110 valence electrons. The van der Waals surface area contributed by atoms with Gasteiger partial charge in [-0.15, -0.1) is 0 Å². The van der Waals surface area contributed by atoms with Crippen molar-refractivity contribution in [1.29, 1.82) is 0 Å². The second-order valence-electron chi connectivity index (χ2n) is 4.88. The number of amides is 1. The van der Waals surface area contributed by atoms with Gasteiger partial charge in [-0.25, -0.2) is 8.78 Å². The van der Waals surface area contributed by atoms with Gasteiger partial charge in [-0.3, -0.25) is 4.79 Å². The summed E-state index contributed by atoms with van der Waals surface area (Å²) in [6.07, 6.45) is 0. The summed E-state index contributed by atoms with van der Waals surface area (Å²) < 4.78 is 26.7. The number of carbonyl (C=O) groups excluding carboxylic acids is 1. The number of hydrogen-bond acceptors (Lipinski definition) is 2. The largest absolute Gasteiger partial charge is 0.399 e. The van der Waals surface area contributed by atoms with Crippen LogP contribution in [0.3, 0.4) is 0 Å². The summed E-state index contributed by atoms with van der Waals surface area (Å²) in [5.74, 6) is -1.44. The Morgan fingerprint density at radius 2 is 1.76 bits per heavy atom. The number of anilines is 1. The van der Waals surface area contributed by atoms with Gasteiger partial charge in [0.15, 0.2) is 0 Å². The van der Waals surface area contributed by atoms with Gasteiger partial charge >= 0.3 is 0 Å². The van der Waals surface area contributed by atoms with Gasteiger partial charge in [-0.05, 0) is 42.8 Å². The molecule has 0 radical (unpaired) electrons. The number of halogens is 2. The molecule has 0 saturated carbocycles. The van der Waals surface area contributed by atoms with Crippen LogP contribution in [0.2, 0.25) is 0 Å². The van der Waals surface area contributed by atoms with E-state index in [1.807, 2.05) is 0 Å². The zero-order chi connectivity index (χ0) is 15.6. The molecule has 0 bridgehead atoms. The van der Waals surface area contributed by atoms with E-state index in [2.05, 4.69) is 0 Å². The van der Waals surface area contributed by atoms with E-state index < -0.39 is 11.7 Å². The normalized spacial score (nSPS) is 12.0. The lowest BCUT2D eigenvalue weighted by molar-refractivity contribution is 0.0738. The molecule has 1 amide bonds. The fraction of sp³-hybridized carbons (Fsp3) is 0.188. The molecule has 1 atom stereocenters. The SMILES string of the molecule is CC(c1ccc(F)cc1)N(C)C(=O)c1cc(N)ccc1F. The van der Waals surface area contributed by atoms with Crippen LogP contribution in [0.4, 0.5) is 14.5 Å². The number of nitrogens with two attached hydrogens (primary N) is 1. The maximum Gasteiger partial charge on any atom is 0.257 e. The molecule has 0 heterocycles. The summed E-state index contributed by atoms with van der Waals surface area (Å²) in [5.41, 5.74) is 6.60. The first-order chi connectivity index (χ1) is 9.90.